The van der Waals surface area contributed by atoms with Gasteiger partial charge >= 0.3 is 5.97 Å². The van der Waals surface area contributed by atoms with Crippen LogP contribution in [0.25, 0.3) is 28.8 Å². The Bertz CT molecular complexity index is 1530. The lowest BCUT2D eigenvalue weighted by Crippen LogP contribution is -2.08. The Balaban J connectivity index is 1.46. The molecule has 0 fully saturated rings. The zero-order chi connectivity index (χ0) is 22.1. The van der Waals surface area contributed by atoms with Gasteiger partial charge in [0.25, 0.3) is 0 Å². The number of hydrogen-bond acceptors (Lipinski definition) is 5. The molecule has 2 heterocycles. The minimum Gasteiger partial charge on any atom is -0.494 e. The Kier molecular flexibility index (Phi) is 4.88. The molecule has 32 heavy (non-hydrogen) atoms. The lowest BCUT2D eigenvalue weighted by molar-refractivity contribution is 0.0600. The lowest BCUT2D eigenvalue weighted by Gasteiger charge is -1.99. The van der Waals surface area contributed by atoms with E-state index in [1.54, 1.807) is 12.1 Å². The van der Waals surface area contributed by atoms with Crippen molar-refractivity contribution in [1.29, 1.82) is 0 Å². The van der Waals surface area contributed by atoms with Gasteiger partial charge in [0, 0.05) is 21.7 Å². The van der Waals surface area contributed by atoms with Gasteiger partial charge in [-0.15, -0.1) is 10.2 Å². The fraction of sp³-hybridized carbons (Fsp3) is 0.0385. The Morgan fingerprint density at radius 1 is 1.00 bits per heavy atom. The van der Waals surface area contributed by atoms with Crippen molar-refractivity contribution in [3.63, 3.8) is 0 Å². The average Bonchev–Trinajstić information content (AvgIpc) is 3.37. The van der Waals surface area contributed by atoms with Crippen molar-refractivity contribution < 1.29 is 14.6 Å². The minimum absolute atomic E-state index is 0.140. The summed E-state index contributed by atoms with van der Waals surface area (Å²) in [5, 5.41) is 21.7. The molecule has 0 saturated carbocycles. The van der Waals surface area contributed by atoms with Crippen molar-refractivity contribution in [3.05, 3.63) is 99.9 Å². The number of para-hydroxylation sites is 1. The molecule has 6 heteroatoms. The Hall–Kier alpha value is -4.45. The second kappa shape index (κ2) is 8.00. The standard InChI is InChI=1S/C26H19N3O3/c1-32-26(31)18-10-6-16(7-11-18)9-13-23-20-12-8-17(15-24(20)29-28-23)14-21-19-4-2-3-5-22(19)27-25(21)30/h2-15,27,30H,1H3. The number of aromatic hydroxyl groups is 1. The van der Waals surface area contributed by atoms with Crippen LogP contribution in [0.1, 0.15) is 21.5 Å². The third kappa shape index (κ3) is 3.58. The van der Waals surface area contributed by atoms with Gasteiger partial charge in [0.05, 0.1) is 24.1 Å². The van der Waals surface area contributed by atoms with Gasteiger partial charge < -0.3 is 14.8 Å². The minimum atomic E-state index is -0.359. The summed E-state index contributed by atoms with van der Waals surface area (Å²) in [7, 11) is 1.36. The topological polar surface area (TPSA) is 87.0 Å². The largest absolute Gasteiger partial charge is 0.494 e. The number of hydrogen-bond donors (Lipinski definition) is 2. The molecule has 6 nitrogen and oxygen atoms in total. The van der Waals surface area contributed by atoms with Crippen LogP contribution in [-0.2, 0) is 4.74 Å². The van der Waals surface area contributed by atoms with E-state index in [1.165, 1.54) is 7.11 Å². The molecule has 0 unspecified atom stereocenters. The number of fused-ring (bicyclic) bond motifs is 2. The number of benzene rings is 3. The van der Waals surface area contributed by atoms with Crippen LogP contribution in [0.3, 0.4) is 0 Å². The van der Waals surface area contributed by atoms with Gasteiger partial charge in [0.15, 0.2) is 5.88 Å². The normalized spacial score (nSPS) is 13.3. The van der Waals surface area contributed by atoms with E-state index in [4.69, 9.17) is 4.74 Å². The van der Waals surface area contributed by atoms with Gasteiger partial charge in [-0.25, -0.2) is 4.79 Å². The zero-order valence-corrected chi connectivity index (χ0v) is 17.2. The Morgan fingerprint density at radius 3 is 2.62 bits per heavy atom. The number of aromatic amines is 1. The summed E-state index contributed by atoms with van der Waals surface area (Å²) < 4.78 is 4.72. The Morgan fingerprint density at radius 2 is 1.81 bits per heavy atom. The molecule has 0 saturated heterocycles. The number of carbonyl (C=O) groups excluding carboxylic acids is 1. The van der Waals surface area contributed by atoms with Gasteiger partial charge in [-0.3, -0.25) is 0 Å². The molecule has 1 aromatic heterocycles. The highest BCUT2D eigenvalue weighted by Gasteiger charge is 2.09. The Labute approximate surface area is 183 Å². The summed E-state index contributed by atoms with van der Waals surface area (Å²) in [6, 6.07) is 20.8. The number of esters is 1. The first-order valence-electron chi connectivity index (χ1n) is 10.1. The fourth-order valence-electron chi connectivity index (χ4n) is 3.71. The molecule has 0 amide bonds. The van der Waals surface area contributed by atoms with Crippen molar-refractivity contribution in [2.24, 2.45) is 10.2 Å². The van der Waals surface area contributed by atoms with E-state index in [0.29, 0.717) is 5.56 Å². The van der Waals surface area contributed by atoms with Crippen LogP contribution in [0.4, 0.5) is 5.69 Å². The van der Waals surface area contributed by atoms with Crippen molar-refractivity contribution in [1.82, 2.24) is 4.98 Å². The number of rotatable bonds is 4. The van der Waals surface area contributed by atoms with Crippen LogP contribution in [0.5, 0.6) is 5.88 Å². The maximum Gasteiger partial charge on any atom is 0.337 e. The number of H-pyrrole nitrogens is 1. The van der Waals surface area contributed by atoms with E-state index in [1.807, 2.05) is 72.8 Å². The van der Waals surface area contributed by atoms with E-state index in [0.717, 1.165) is 43.9 Å². The van der Waals surface area contributed by atoms with Crippen LogP contribution < -0.4 is 10.4 Å². The van der Waals surface area contributed by atoms with E-state index in [2.05, 4.69) is 15.2 Å². The second-order valence-electron chi connectivity index (χ2n) is 7.39. The number of aromatic nitrogens is 1. The maximum atomic E-state index is 11.5. The van der Waals surface area contributed by atoms with Crippen molar-refractivity contribution in [3.8, 4) is 5.88 Å². The third-order valence-electron chi connectivity index (χ3n) is 5.37. The molecule has 0 bridgehead atoms. The second-order valence-corrected chi connectivity index (χ2v) is 7.39. The monoisotopic (exact) mass is 421 g/mol. The average molecular weight is 421 g/mol. The smallest absolute Gasteiger partial charge is 0.337 e. The van der Waals surface area contributed by atoms with Crippen LogP contribution in [0.2, 0.25) is 0 Å². The third-order valence-corrected chi connectivity index (χ3v) is 5.37. The molecular weight excluding hydrogens is 402 g/mol. The van der Waals surface area contributed by atoms with Crippen LogP contribution in [0.15, 0.2) is 83.0 Å². The predicted octanol–water partition coefficient (Wildman–Crippen LogP) is 4.41. The highest BCUT2D eigenvalue weighted by molar-refractivity contribution is 5.92. The first-order valence-corrected chi connectivity index (χ1v) is 10.1. The predicted molar refractivity (Wildman–Crippen MR) is 124 cm³/mol. The maximum absolute atomic E-state index is 11.5. The van der Waals surface area contributed by atoms with Gasteiger partial charge in [-0.1, -0.05) is 42.5 Å². The molecule has 2 N–H and O–H groups in total. The molecule has 4 aromatic rings. The summed E-state index contributed by atoms with van der Waals surface area (Å²) in [5.41, 5.74) is 4.62. The quantitative estimate of drug-likeness (QED) is 0.479. The van der Waals surface area contributed by atoms with Crippen LogP contribution in [0, 0.1) is 0 Å². The van der Waals surface area contributed by atoms with Crippen molar-refractivity contribution >= 4 is 40.4 Å². The summed E-state index contributed by atoms with van der Waals surface area (Å²) in [5.74, 6) is -0.219. The summed E-state index contributed by atoms with van der Waals surface area (Å²) >= 11 is 0. The lowest BCUT2D eigenvalue weighted by atomic mass is 10.1. The van der Waals surface area contributed by atoms with Crippen LogP contribution >= 0.6 is 0 Å². The summed E-state index contributed by atoms with van der Waals surface area (Å²) in [6.07, 6.45) is 5.76. The summed E-state index contributed by atoms with van der Waals surface area (Å²) in [4.78, 5) is 14.5. The highest BCUT2D eigenvalue weighted by Crippen LogP contribution is 2.27. The van der Waals surface area contributed by atoms with Gasteiger partial charge in [0.1, 0.15) is 0 Å². The first kappa shape index (κ1) is 19.5. The molecule has 0 radical (unpaired) electrons. The molecular formula is C26H19N3O3. The van der Waals surface area contributed by atoms with E-state index in [-0.39, 0.29) is 11.8 Å². The fourth-order valence-corrected chi connectivity index (χ4v) is 3.71. The van der Waals surface area contributed by atoms with Crippen LogP contribution in [-0.4, -0.2) is 23.2 Å². The van der Waals surface area contributed by atoms with E-state index < -0.39 is 0 Å². The van der Waals surface area contributed by atoms with E-state index >= 15 is 0 Å². The summed E-state index contributed by atoms with van der Waals surface area (Å²) in [6.45, 7) is 0. The number of carbonyl (C=O) groups is 1. The first-order chi connectivity index (χ1) is 15.6. The number of nitrogens with one attached hydrogen (secondary N) is 1. The molecule has 5 rings (SSSR count). The molecule has 0 atom stereocenters. The van der Waals surface area contributed by atoms with Crippen molar-refractivity contribution in [2.45, 2.75) is 0 Å². The molecule has 0 aliphatic carbocycles. The molecule has 3 aromatic carbocycles. The molecule has 1 aliphatic heterocycles. The number of azo groups is 1. The molecule has 0 spiro atoms. The highest BCUT2D eigenvalue weighted by atomic mass is 16.5. The molecule has 1 aliphatic rings. The van der Waals surface area contributed by atoms with Gasteiger partial charge in [-0.05, 0) is 53.3 Å². The number of ether oxygens (including phenoxy) is 1. The van der Waals surface area contributed by atoms with Gasteiger partial charge in [-0.2, -0.15) is 0 Å². The van der Waals surface area contributed by atoms with Gasteiger partial charge in [0.2, 0.25) is 0 Å². The van der Waals surface area contributed by atoms with E-state index in [9.17, 15) is 9.90 Å². The number of nitrogens with zero attached hydrogens (tertiary/aromatic N) is 2. The molecule has 156 valence electrons. The zero-order valence-electron chi connectivity index (χ0n) is 17.2. The van der Waals surface area contributed by atoms with Crippen molar-refractivity contribution in [2.75, 3.05) is 7.11 Å². The SMILES string of the molecule is COC(=O)c1ccc(C=CC2=c3ccc(=Cc4c(O)[nH]c5ccccc45)cc3N=N2)cc1. The number of methoxy groups -OCH3 is 1.